The van der Waals surface area contributed by atoms with E-state index >= 15 is 0 Å². The lowest BCUT2D eigenvalue weighted by molar-refractivity contribution is -0.253. The van der Waals surface area contributed by atoms with Crippen molar-refractivity contribution in [2.45, 2.75) is 61.9 Å². The maximum absolute atomic E-state index is 13.2. The number of nitrogens with zero attached hydrogens (tertiary/aromatic N) is 1. The molecule has 2 amide bonds. The number of likely N-dealkylation sites (tertiary alicyclic amines) is 1. The Balaban J connectivity index is 0.000000676. The van der Waals surface area contributed by atoms with Gasteiger partial charge in [0.15, 0.2) is 11.5 Å². The van der Waals surface area contributed by atoms with Crippen molar-refractivity contribution < 1.29 is 59.6 Å². The number of benzene rings is 2. The molecule has 1 saturated carbocycles. The number of halogens is 7. The molecule has 0 radical (unpaired) electrons. The van der Waals surface area contributed by atoms with E-state index in [1.54, 1.807) is 14.2 Å². The molecule has 4 rings (SSSR count). The summed E-state index contributed by atoms with van der Waals surface area (Å²) in [6.45, 7) is 0.925. The van der Waals surface area contributed by atoms with Gasteiger partial charge in [0.05, 0.1) is 14.2 Å². The van der Waals surface area contributed by atoms with Gasteiger partial charge in [-0.25, -0.2) is 9.59 Å². The predicted octanol–water partition coefficient (Wildman–Crippen LogP) is 5.89. The molecule has 2 aliphatic rings. The number of carbonyl (C=O) groups is 2. The van der Waals surface area contributed by atoms with Crippen molar-refractivity contribution in [3.63, 3.8) is 0 Å². The number of fused-ring (bicyclic) bond motifs is 1. The van der Waals surface area contributed by atoms with Gasteiger partial charge in [-0.3, -0.25) is 0 Å². The molecule has 0 spiro atoms. The van der Waals surface area contributed by atoms with Crippen LogP contribution in [0.3, 0.4) is 0 Å². The molecule has 244 valence electrons. The van der Waals surface area contributed by atoms with Gasteiger partial charge >= 0.3 is 30.7 Å². The lowest BCUT2D eigenvalue weighted by Gasteiger charge is -2.45. The van der Waals surface area contributed by atoms with Crippen molar-refractivity contribution in [3.8, 4) is 17.2 Å². The average Bonchev–Trinajstić information content (AvgIpc) is 3.29. The minimum Gasteiger partial charge on any atom is -0.493 e. The van der Waals surface area contributed by atoms with Crippen LogP contribution in [0.25, 0.3) is 0 Å². The fourth-order valence-corrected chi connectivity index (χ4v) is 5.59. The second-order valence-electron chi connectivity index (χ2n) is 10.3. The maximum atomic E-state index is 13.2. The number of carboxylic acid groups (broad SMARTS) is 1. The number of carboxylic acids is 1. The first kappa shape index (κ1) is 34.5. The van der Waals surface area contributed by atoms with Crippen LogP contribution in [0, 0.1) is 0 Å². The normalized spacial score (nSPS) is 21.9. The van der Waals surface area contributed by atoms with Gasteiger partial charge < -0.3 is 34.9 Å². The molecule has 2 aromatic carbocycles. The lowest BCUT2D eigenvalue weighted by Crippen LogP contribution is -2.52. The summed E-state index contributed by atoms with van der Waals surface area (Å²) in [5.74, 6) is -1.88. The summed E-state index contributed by atoms with van der Waals surface area (Å²) < 4.78 is 98.0. The van der Waals surface area contributed by atoms with Crippen LogP contribution in [0.1, 0.15) is 31.2 Å². The van der Waals surface area contributed by atoms with Gasteiger partial charge in [-0.1, -0.05) is 12.1 Å². The molecule has 1 aliphatic heterocycles. The smallest absolute Gasteiger partial charge is 0.490 e. The Hall–Kier alpha value is -3.95. The zero-order valence-electron chi connectivity index (χ0n) is 23.9. The Morgan fingerprint density at radius 2 is 1.68 bits per heavy atom. The minimum absolute atomic E-state index is 0.0788. The van der Waals surface area contributed by atoms with E-state index in [2.05, 4.69) is 33.4 Å². The quantitative estimate of drug-likeness (QED) is 0.309. The molecular weight excluding hydrogens is 607 g/mol. The number of aliphatic carboxylic acids is 1. The monoisotopic (exact) mass is 639 g/mol. The number of methoxy groups -OCH3 is 2. The first-order chi connectivity index (χ1) is 20.5. The summed E-state index contributed by atoms with van der Waals surface area (Å²) in [7, 11) is 5.30. The second kappa shape index (κ2) is 13.8. The molecule has 2 aromatic rings. The molecule has 9 nitrogen and oxygen atoms in total. The third kappa shape index (κ3) is 8.15. The number of ether oxygens (including phenoxy) is 3. The van der Waals surface area contributed by atoms with E-state index in [9.17, 15) is 35.5 Å². The number of urea groups is 1. The number of alkyl halides is 7. The van der Waals surface area contributed by atoms with E-state index < -0.39 is 36.5 Å². The number of hydrogen-bond donors (Lipinski definition) is 3. The number of anilines is 1. The number of nitrogens with one attached hydrogen (secondary N) is 2. The van der Waals surface area contributed by atoms with E-state index in [1.165, 1.54) is 17.7 Å². The Morgan fingerprint density at radius 1 is 1.02 bits per heavy atom. The van der Waals surface area contributed by atoms with Crippen LogP contribution < -0.4 is 24.8 Å². The molecule has 1 aliphatic carbocycles. The van der Waals surface area contributed by atoms with Gasteiger partial charge in [0.25, 0.3) is 0 Å². The van der Waals surface area contributed by atoms with Crippen molar-refractivity contribution in [1.29, 1.82) is 0 Å². The molecule has 3 unspecified atom stereocenters. The van der Waals surface area contributed by atoms with Crippen LogP contribution in [0.4, 0.5) is 41.2 Å². The number of carbonyl (C=O) groups excluding carboxylic acids is 1. The van der Waals surface area contributed by atoms with E-state index in [0.717, 1.165) is 44.4 Å². The molecule has 44 heavy (non-hydrogen) atoms. The molecule has 0 bridgehead atoms. The molecule has 3 N–H and O–H groups in total. The number of rotatable bonds is 8. The first-order valence-electron chi connectivity index (χ1n) is 13.3. The fraction of sp³-hybridized carbons (Fsp3) is 0.500. The third-order valence-corrected chi connectivity index (χ3v) is 7.66. The number of likely N-dealkylation sites (N-methyl/N-ethyl adjacent to an activating group) is 1. The highest BCUT2D eigenvalue weighted by Gasteiger charge is 2.51. The molecule has 16 heteroatoms. The van der Waals surface area contributed by atoms with Gasteiger partial charge in [-0.2, -0.15) is 30.7 Å². The molecule has 0 aromatic heterocycles. The molecule has 1 saturated heterocycles. The van der Waals surface area contributed by atoms with Crippen molar-refractivity contribution in [1.82, 2.24) is 10.2 Å². The highest BCUT2D eigenvalue weighted by atomic mass is 19.4. The molecular formula is C28H32F7N3O6. The standard InChI is InChI=1S/C26H31F4N3O4.C2HF3O2/c1-33-12-11-25(16-7-8-20(35-2)21(13-16)36-3)10-9-18(15-22(25)33)32-24(34)31-17-5-4-6-19(14-17)37-26(29,30)23(27)28;3-2(4,5)1(6)7/h4-8,13-14,18,22-23H,9-12,15H2,1-3H3,(H2,31,32,34);(H,6,7). The summed E-state index contributed by atoms with van der Waals surface area (Å²) in [5, 5.41) is 12.7. The van der Waals surface area contributed by atoms with Crippen molar-refractivity contribution >= 4 is 17.7 Å². The zero-order valence-corrected chi connectivity index (χ0v) is 23.9. The van der Waals surface area contributed by atoms with Crippen LogP contribution in [-0.4, -0.2) is 80.6 Å². The Bertz CT molecular complexity index is 1310. The molecule has 3 atom stereocenters. The largest absolute Gasteiger partial charge is 0.493 e. The Kier molecular flexibility index (Phi) is 10.8. The van der Waals surface area contributed by atoms with Gasteiger partial charge in [0.2, 0.25) is 0 Å². The Labute approximate surface area is 248 Å². The molecule has 2 fully saturated rings. The number of amides is 2. The second-order valence-corrected chi connectivity index (χ2v) is 10.3. The van der Waals surface area contributed by atoms with Crippen molar-refractivity contribution in [2.24, 2.45) is 0 Å². The van der Waals surface area contributed by atoms with Crippen LogP contribution in [0.2, 0.25) is 0 Å². The van der Waals surface area contributed by atoms with Crippen molar-refractivity contribution in [2.75, 3.05) is 33.1 Å². The van der Waals surface area contributed by atoms with Gasteiger partial charge in [-0.05, 0) is 69.1 Å². The maximum Gasteiger partial charge on any atom is 0.490 e. The van der Waals surface area contributed by atoms with Crippen LogP contribution >= 0.6 is 0 Å². The van der Waals surface area contributed by atoms with Gasteiger partial charge in [-0.15, -0.1) is 0 Å². The van der Waals surface area contributed by atoms with Crippen LogP contribution in [0.15, 0.2) is 42.5 Å². The number of hydrogen-bond acceptors (Lipinski definition) is 6. The fourth-order valence-electron chi connectivity index (χ4n) is 5.59. The average molecular weight is 640 g/mol. The molecule has 1 heterocycles. The Morgan fingerprint density at radius 3 is 2.27 bits per heavy atom. The summed E-state index contributed by atoms with van der Waals surface area (Å²) in [6, 6.07) is 10.6. The van der Waals surface area contributed by atoms with Crippen LogP contribution in [0.5, 0.6) is 17.2 Å². The predicted molar refractivity (Wildman–Crippen MR) is 144 cm³/mol. The van der Waals surface area contributed by atoms with E-state index in [1.807, 2.05) is 12.1 Å². The SMILES string of the molecule is COc1ccc(C23CCC(NC(=O)Nc4cccc(OC(F)(F)C(F)F)c4)CC2N(C)CC3)cc1OC.O=C(O)C(F)(F)F. The summed E-state index contributed by atoms with van der Waals surface area (Å²) in [5.41, 5.74) is 1.25. The first-order valence-corrected chi connectivity index (χ1v) is 13.3. The summed E-state index contributed by atoms with van der Waals surface area (Å²) in [4.78, 5) is 23.9. The van der Waals surface area contributed by atoms with E-state index in [-0.39, 0.29) is 23.2 Å². The van der Waals surface area contributed by atoms with E-state index in [4.69, 9.17) is 19.4 Å². The minimum atomic E-state index is -5.08. The topological polar surface area (TPSA) is 109 Å². The van der Waals surface area contributed by atoms with Crippen LogP contribution in [-0.2, 0) is 10.2 Å². The lowest BCUT2D eigenvalue weighted by atomic mass is 9.65. The van der Waals surface area contributed by atoms with Gasteiger partial charge in [0.1, 0.15) is 5.75 Å². The highest BCUT2D eigenvalue weighted by Crippen LogP contribution is 2.50. The van der Waals surface area contributed by atoms with Crippen molar-refractivity contribution in [3.05, 3.63) is 48.0 Å². The summed E-state index contributed by atoms with van der Waals surface area (Å²) in [6.07, 6.45) is -10.4. The third-order valence-electron chi connectivity index (χ3n) is 7.66. The zero-order chi connectivity index (χ0) is 32.9. The summed E-state index contributed by atoms with van der Waals surface area (Å²) >= 11 is 0. The van der Waals surface area contributed by atoms with Gasteiger partial charge in [0, 0.05) is 29.3 Å². The highest BCUT2D eigenvalue weighted by molar-refractivity contribution is 5.89. The van der Waals surface area contributed by atoms with E-state index in [0.29, 0.717) is 11.5 Å².